The number of aromatic nitrogens is 1. The number of benzene rings is 1. The van der Waals surface area contributed by atoms with Crippen LogP contribution in [0.2, 0.25) is 0 Å². The highest BCUT2D eigenvalue weighted by Gasteiger charge is 2.28. The average Bonchev–Trinajstić information content (AvgIpc) is 2.92. The number of fused-ring (bicyclic) bond motifs is 1. The summed E-state index contributed by atoms with van der Waals surface area (Å²) in [5, 5.41) is 20.6. The second kappa shape index (κ2) is 6.19. The van der Waals surface area contributed by atoms with Crippen molar-refractivity contribution in [3.05, 3.63) is 62.1 Å². The zero-order chi connectivity index (χ0) is 19.2. The maximum absolute atomic E-state index is 13.1. The zero-order valence-electron chi connectivity index (χ0n) is 15.0. The lowest BCUT2D eigenvalue weighted by molar-refractivity contribution is 0.101. The lowest BCUT2D eigenvalue weighted by atomic mass is 9.98. The highest BCUT2D eigenvalue weighted by atomic mass is 16.3. The van der Waals surface area contributed by atoms with Gasteiger partial charge in [0, 0.05) is 17.5 Å². The first-order chi connectivity index (χ1) is 12.3. The fourth-order valence-corrected chi connectivity index (χ4v) is 3.18. The smallest absolute Gasteiger partial charge is 0.271 e. The summed E-state index contributed by atoms with van der Waals surface area (Å²) in [5.74, 6) is -0.908. The fraction of sp³-hybridized carbons (Fsp3) is 0.250. The van der Waals surface area contributed by atoms with Crippen LogP contribution in [0, 0.1) is 32.1 Å². The summed E-state index contributed by atoms with van der Waals surface area (Å²) in [6.45, 7) is 6.99. The summed E-state index contributed by atoms with van der Waals surface area (Å²) in [5.41, 5.74) is 1.56. The van der Waals surface area contributed by atoms with Crippen LogP contribution < -0.4 is 5.56 Å². The molecule has 0 bridgehead atoms. The number of hydrogen-bond acceptors (Lipinski definition) is 5. The molecule has 3 aromatic rings. The molecule has 0 saturated carbocycles. The molecule has 0 spiro atoms. The molecule has 1 N–H and O–H groups in total. The molecule has 132 valence electrons. The van der Waals surface area contributed by atoms with E-state index in [-0.39, 0.29) is 29.0 Å². The zero-order valence-corrected chi connectivity index (χ0v) is 15.0. The van der Waals surface area contributed by atoms with Gasteiger partial charge >= 0.3 is 0 Å². The van der Waals surface area contributed by atoms with E-state index < -0.39 is 17.2 Å². The molecule has 0 atom stereocenters. The Balaban J connectivity index is 2.32. The number of pyridine rings is 1. The maximum Gasteiger partial charge on any atom is 0.271 e. The number of carbonyl (C=O) groups excluding carboxylic acids is 1. The average molecular weight is 350 g/mol. The molecule has 2 heterocycles. The van der Waals surface area contributed by atoms with Crippen molar-refractivity contribution in [3.63, 3.8) is 0 Å². The van der Waals surface area contributed by atoms with Crippen molar-refractivity contribution in [2.75, 3.05) is 0 Å². The number of carbonyl (C=O) groups is 1. The number of nitriles is 1. The van der Waals surface area contributed by atoms with Crippen LogP contribution in [0.15, 0.2) is 27.4 Å². The highest BCUT2D eigenvalue weighted by Crippen LogP contribution is 2.31. The van der Waals surface area contributed by atoms with E-state index in [0.29, 0.717) is 11.1 Å². The first-order valence-corrected chi connectivity index (χ1v) is 8.22. The molecule has 6 nitrogen and oxygen atoms in total. The van der Waals surface area contributed by atoms with Crippen LogP contribution in [0.3, 0.4) is 0 Å². The quantitative estimate of drug-likeness (QED) is 0.731. The van der Waals surface area contributed by atoms with Crippen LogP contribution in [0.25, 0.3) is 11.0 Å². The number of ketones is 1. The van der Waals surface area contributed by atoms with Gasteiger partial charge in [-0.3, -0.25) is 14.2 Å². The molecule has 6 heteroatoms. The van der Waals surface area contributed by atoms with Gasteiger partial charge in [-0.15, -0.1) is 0 Å². The molecule has 0 radical (unpaired) electrons. The summed E-state index contributed by atoms with van der Waals surface area (Å²) < 4.78 is 6.74. The lowest BCUT2D eigenvalue weighted by Gasteiger charge is -2.13. The van der Waals surface area contributed by atoms with E-state index in [1.807, 2.05) is 25.1 Å². The van der Waals surface area contributed by atoms with Gasteiger partial charge in [0.15, 0.2) is 5.76 Å². The summed E-state index contributed by atoms with van der Waals surface area (Å²) in [7, 11) is 0. The van der Waals surface area contributed by atoms with Crippen LogP contribution in [-0.4, -0.2) is 15.5 Å². The van der Waals surface area contributed by atoms with E-state index in [2.05, 4.69) is 0 Å². The molecule has 0 aliphatic heterocycles. The van der Waals surface area contributed by atoms with E-state index in [9.17, 15) is 20.0 Å². The second-order valence-electron chi connectivity index (χ2n) is 6.24. The van der Waals surface area contributed by atoms with E-state index in [1.165, 1.54) is 6.92 Å². The molecule has 0 unspecified atom stereocenters. The molecule has 1 aromatic carbocycles. The van der Waals surface area contributed by atoms with Gasteiger partial charge in [0.05, 0.1) is 5.56 Å². The number of rotatable bonds is 3. The lowest BCUT2D eigenvalue weighted by Crippen LogP contribution is -2.26. The van der Waals surface area contributed by atoms with Crippen LogP contribution in [0.4, 0.5) is 0 Å². The minimum absolute atomic E-state index is 0.0816. The molecule has 26 heavy (non-hydrogen) atoms. The molecule has 3 rings (SSSR count). The largest absolute Gasteiger partial charge is 0.494 e. The van der Waals surface area contributed by atoms with Crippen molar-refractivity contribution in [2.45, 2.75) is 34.2 Å². The van der Waals surface area contributed by atoms with Crippen molar-refractivity contribution in [3.8, 4) is 11.9 Å². The third-order valence-electron chi connectivity index (χ3n) is 4.64. The molecule has 0 aliphatic carbocycles. The Kier molecular flexibility index (Phi) is 4.17. The standard InChI is InChI=1S/C20H18N2O4/c1-5-22-19(24)14(9-21)11(3)16(20(22)25)17(23)18-12(4)13-8-10(2)6-7-15(13)26-18/h6-8,25H,5H2,1-4H3. The van der Waals surface area contributed by atoms with E-state index in [1.54, 1.807) is 19.9 Å². The van der Waals surface area contributed by atoms with Crippen molar-refractivity contribution in [2.24, 2.45) is 0 Å². The highest BCUT2D eigenvalue weighted by molar-refractivity contribution is 6.12. The van der Waals surface area contributed by atoms with Crippen molar-refractivity contribution >= 4 is 16.8 Å². The molecule has 0 aliphatic rings. The van der Waals surface area contributed by atoms with Gasteiger partial charge in [-0.25, -0.2) is 0 Å². The van der Waals surface area contributed by atoms with E-state index in [0.717, 1.165) is 15.5 Å². The number of nitrogens with zero attached hydrogens (tertiary/aromatic N) is 2. The maximum atomic E-state index is 13.1. The Morgan fingerprint density at radius 3 is 2.58 bits per heavy atom. The van der Waals surface area contributed by atoms with Crippen LogP contribution in [-0.2, 0) is 6.54 Å². The minimum Gasteiger partial charge on any atom is -0.494 e. The van der Waals surface area contributed by atoms with Gasteiger partial charge in [0.1, 0.15) is 17.2 Å². The number of aromatic hydroxyl groups is 1. The summed E-state index contributed by atoms with van der Waals surface area (Å²) in [6.07, 6.45) is 0. The number of aryl methyl sites for hydroxylation is 2. The molecule has 0 saturated heterocycles. The minimum atomic E-state index is -0.612. The number of furan rings is 1. The third kappa shape index (κ3) is 2.40. The molecular formula is C20H18N2O4. The monoisotopic (exact) mass is 350 g/mol. The number of hydrogen-bond donors (Lipinski definition) is 1. The Labute approximate surface area is 149 Å². The van der Waals surface area contributed by atoms with Crippen molar-refractivity contribution in [1.29, 1.82) is 5.26 Å². The summed E-state index contributed by atoms with van der Waals surface area (Å²) >= 11 is 0. The van der Waals surface area contributed by atoms with Gasteiger partial charge in [-0.1, -0.05) is 11.6 Å². The normalized spacial score (nSPS) is 10.9. The molecular weight excluding hydrogens is 332 g/mol. The topological polar surface area (TPSA) is 96.2 Å². The predicted octanol–water partition coefficient (Wildman–Crippen LogP) is 3.35. The van der Waals surface area contributed by atoms with Gasteiger partial charge in [-0.05, 0) is 45.4 Å². The SMILES string of the molecule is CCn1c(O)c(C(=O)c2oc3ccc(C)cc3c2C)c(C)c(C#N)c1=O. The van der Waals surface area contributed by atoms with Crippen LogP contribution in [0.1, 0.15) is 45.3 Å². The molecule has 0 fully saturated rings. The Hall–Kier alpha value is -3.33. The first-order valence-electron chi connectivity index (χ1n) is 8.22. The summed E-state index contributed by atoms with van der Waals surface area (Å²) in [4.78, 5) is 25.4. The second-order valence-corrected chi connectivity index (χ2v) is 6.24. The fourth-order valence-electron chi connectivity index (χ4n) is 3.18. The van der Waals surface area contributed by atoms with Gasteiger partial charge in [-0.2, -0.15) is 5.26 Å². The Morgan fingerprint density at radius 2 is 1.96 bits per heavy atom. The van der Waals surface area contributed by atoms with Gasteiger partial charge < -0.3 is 9.52 Å². The van der Waals surface area contributed by atoms with Crippen molar-refractivity contribution < 1.29 is 14.3 Å². The third-order valence-corrected chi connectivity index (χ3v) is 4.64. The van der Waals surface area contributed by atoms with E-state index in [4.69, 9.17) is 4.42 Å². The van der Waals surface area contributed by atoms with Gasteiger partial charge in [0.2, 0.25) is 11.7 Å². The van der Waals surface area contributed by atoms with Crippen molar-refractivity contribution in [1.82, 2.24) is 4.57 Å². The molecule has 2 aromatic heterocycles. The summed E-state index contributed by atoms with van der Waals surface area (Å²) in [6, 6.07) is 7.42. The van der Waals surface area contributed by atoms with Crippen LogP contribution in [0.5, 0.6) is 5.88 Å². The predicted molar refractivity (Wildman–Crippen MR) is 96.6 cm³/mol. The first kappa shape index (κ1) is 17.5. The Morgan fingerprint density at radius 1 is 1.27 bits per heavy atom. The molecule has 0 amide bonds. The van der Waals surface area contributed by atoms with E-state index >= 15 is 0 Å². The van der Waals surface area contributed by atoms with Gasteiger partial charge in [0.25, 0.3) is 5.56 Å². The Bertz CT molecular complexity index is 1160. The van der Waals surface area contributed by atoms with Crippen LogP contribution >= 0.6 is 0 Å².